The van der Waals surface area contributed by atoms with Crippen LogP contribution in [0.15, 0.2) is 0 Å². The molecule has 3 N–H and O–H groups in total. The van der Waals surface area contributed by atoms with Crippen molar-refractivity contribution >= 4 is 5.84 Å². The predicted molar refractivity (Wildman–Crippen MR) is 79.0 cm³/mol. The third-order valence-electron chi connectivity index (χ3n) is 4.47. The van der Waals surface area contributed by atoms with E-state index in [2.05, 4.69) is 25.7 Å². The van der Waals surface area contributed by atoms with Crippen LogP contribution in [0.3, 0.4) is 0 Å². The summed E-state index contributed by atoms with van der Waals surface area (Å²) in [5, 5.41) is 7.59. The summed E-state index contributed by atoms with van der Waals surface area (Å²) in [5.41, 5.74) is 5.50. The summed E-state index contributed by atoms with van der Waals surface area (Å²) >= 11 is 0. The molecule has 1 rings (SSSR count). The SMILES string of the molecule is CCN(CCCC(C)(C)C(=N)N)C1CCCCC1. The standard InChI is InChI=1S/C15H31N3/c1-4-18(13-9-6-5-7-10-13)12-8-11-15(2,3)14(16)17/h13H,4-12H2,1-3H3,(H3,16,17). The van der Waals surface area contributed by atoms with Crippen LogP contribution in [0, 0.1) is 10.8 Å². The molecule has 0 spiro atoms. The molecule has 1 aliphatic rings. The zero-order valence-corrected chi connectivity index (χ0v) is 12.5. The van der Waals surface area contributed by atoms with Crippen molar-refractivity contribution in [2.45, 2.75) is 71.8 Å². The van der Waals surface area contributed by atoms with Gasteiger partial charge in [-0.05, 0) is 38.8 Å². The fraction of sp³-hybridized carbons (Fsp3) is 0.933. The number of hydrogen-bond donors (Lipinski definition) is 2. The first-order valence-electron chi connectivity index (χ1n) is 7.56. The number of nitrogens with two attached hydrogens (primary N) is 1. The molecule has 0 aliphatic heterocycles. The average molecular weight is 253 g/mol. The van der Waals surface area contributed by atoms with E-state index in [-0.39, 0.29) is 5.41 Å². The van der Waals surface area contributed by atoms with Gasteiger partial charge in [-0.3, -0.25) is 5.41 Å². The number of nitrogens with zero attached hydrogens (tertiary/aromatic N) is 1. The average Bonchev–Trinajstić information content (AvgIpc) is 2.35. The lowest BCUT2D eigenvalue weighted by Crippen LogP contribution is -2.38. The van der Waals surface area contributed by atoms with E-state index in [9.17, 15) is 0 Å². The molecule has 0 bridgehead atoms. The molecule has 0 radical (unpaired) electrons. The maximum Gasteiger partial charge on any atom is 0.0963 e. The molecule has 3 nitrogen and oxygen atoms in total. The summed E-state index contributed by atoms with van der Waals surface area (Å²) in [7, 11) is 0. The van der Waals surface area contributed by atoms with Crippen LogP contribution in [0.2, 0.25) is 0 Å². The van der Waals surface area contributed by atoms with Crippen molar-refractivity contribution in [1.82, 2.24) is 4.90 Å². The molecule has 0 saturated heterocycles. The third-order valence-corrected chi connectivity index (χ3v) is 4.47. The van der Waals surface area contributed by atoms with Gasteiger partial charge in [0.15, 0.2) is 0 Å². The minimum absolute atomic E-state index is 0.133. The van der Waals surface area contributed by atoms with Crippen molar-refractivity contribution in [3.05, 3.63) is 0 Å². The van der Waals surface area contributed by atoms with Crippen LogP contribution in [-0.2, 0) is 0 Å². The second kappa shape index (κ2) is 7.13. The Morgan fingerprint density at radius 1 is 1.28 bits per heavy atom. The Kier molecular flexibility index (Phi) is 6.13. The van der Waals surface area contributed by atoms with Gasteiger partial charge in [0.2, 0.25) is 0 Å². The molecule has 0 atom stereocenters. The molecule has 1 fully saturated rings. The highest BCUT2D eigenvalue weighted by Gasteiger charge is 2.23. The minimum Gasteiger partial charge on any atom is -0.387 e. The van der Waals surface area contributed by atoms with E-state index >= 15 is 0 Å². The lowest BCUT2D eigenvalue weighted by Gasteiger charge is -2.34. The fourth-order valence-electron chi connectivity index (χ4n) is 2.90. The molecule has 3 heteroatoms. The Hall–Kier alpha value is -0.570. The van der Waals surface area contributed by atoms with Crippen LogP contribution in [0.4, 0.5) is 0 Å². The molecule has 1 aliphatic carbocycles. The Bertz CT molecular complexity index is 254. The van der Waals surface area contributed by atoms with Gasteiger partial charge < -0.3 is 10.6 Å². The second-order valence-electron chi connectivity index (χ2n) is 6.32. The van der Waals surface area contributed by atoms with E-state index in [4.69, 9.17) is 11.1 Å². The third kappa shape index (κ3) is 4.60. The van der Waals surface area contributed by atoms with Crippen molar-refractivity contribution in [1.29, 1.82) is 5.41 Å². The molecule has 106 valence electrons. The summed E-state index contributed by atoms with van der Waals surface area (Å²) in [4.78, 5) is 2.63. The lowest BCUT2D eigenvalue weighted by molar-refractivity contribution is 0.157. The first-order chi connectivity index (χ1) is 8.47. The Balaban J connectivity index is 2.33. The van der Waals surface area contributed by atoms with Crippen LogP contribution in [0.1, 0.15) is 65.7 Å². The Morgan fingerprint density at radius 3 is 2.39 bits per heavy atom. The zero-order valence-electron chi connectivity index (χ0n) is 12.5. The quantitative estimate of drug-likeness (QED) is 0.540. The van der Waals surface area contributed by atoms with Crippen molar-refractivity contribution in [3.8, 4) is 0 Å². The number of hydrogen-bond acceptors (Lipinski definition) is 2. The molecule has 0 aromatic heterocycles. The molecule has 0 heterocycles. The molecule has 0 aromatic rings. The monoisotopic (exact) mass is 253 g/mol. The number of nitrogens with one attached hydrogen (secondary N) is 1. The van der Waals surface area contributed by atoms with Crippen LogP contribution < -0.4 is 5.73 Å². The van der Waals surface area contributed by atoms with Crippen molar-refractivity contribution in [2.24, 2.45) is 11.1 Å². The zero-order chi connectivity index (χ0) is 13.6. The minimum atomic E-state index is -0.133. The lowest BCUT2D eigenvalue weighted by atomic mass is 9.86. The van der Waals surface area contributed by atoms with Gasteiger partial charge in [0.1, 0.15) is 0 Å². The van der Waals surface area contributed by atoms with Crippen LogP contribution in [0.5, 0.6) is 0 Å². The Morgan fingerprint density at radius 2 is 1.89 bits per heavy atom. The van der Waals surface area contributed by atoms with Gasteiger partial charge in [-0.1, -0.05) is 40.0 Å². The molecule has 0 amide bonds. The maximum absolute atomic E-state index is 7.59. The fourth-order valence-corrected chi connectivity index (χ4v) is 2.90. The van der Waals surface area contributed by atoms with Gasteiger partial charge in [-0.25, -0.2) is 0 Å². The predicted octanol–water partition coefficient (Wildman–Crippen LogP) is 3.38. The first-order valence-corrected chi connectivity index (χ1v) is 7.56. The highest BCUT2D eigenvalue weighted by atomic mass is 15.1. The maximum atomic E-state index is 7.59. The van der Waals surface area contributed by atoms with E-state index in [1.165, 1.54) is 32.1 Å². The summed E-state index contributed by atoms with van der Waals surface area (Å²) in [6.45, 7) is 8.74. The molecule has 0 unspecified atom stereocenters. The topological polar surface area (TPSA) is 53.1 Å². The second-order valence-corrected chi connectivity index (χ2v) is 6.32. The highest BCUT2D eigenvalue weighted by Crippen LogP contribution is 2.25. The summed E-state index contributed by atoms with van der Waals surface area (Å²) in [5.74, 6) is 0.322. The van der Waals surface area contributed by atoms with Crippen molar-refractivity contribution in [3.63, 3.8) is 0 Å². The summed E-state index contributed by atoms with van der Waals surface area (Å²) in [6, 6.07) is 0.809. The van der Waals surface area contributed by atoms with Gasteiger partial charge in [-0.15, -0.1) is 0 Å². The number of amidine groups is 1. The summed E-state index contributed by atoms with van der Waals surface area (Å²) in [6.07, 6.45) is 9.15. The van der Waals surface area contributed by atoms with Gasteiger partial charge in [0.25, 0.3) is 0 Å². The van der Waals surface area contributed by atoms with Crippen LogP contribution in [-0.4, -0.2) is 29.9 Å². The Labute approximate surface area is 113 Å². The highest BCUT2D eigenvalue weighted by molar-refractivity contribution is 5.82. The van der Waals surface area contributed by atoms with Crippen molar-refractivity contribution < 1.29 is 0 Å². The number of rotatable bonds is 7. The summed E-state index contributed by atoms with van der Waals surface area (Å²) < 4.78 is 0. The normalized spacial score (nSPS) is 18.2. The molecular formula is C15H31N3. The van der Waals surface area contributed by atoms with Crippen LogP contribution >= 0.6 is 0 Å². The van der Waals surface area contributed by atoms with E-state index in [1.807, 2.05) is 0 Å². The van der Waals surface area contributed by atoms with Gasteiger partial charge in [0.05, 0.1) is 5.84 Å². The van der Waals surface area contributed by atoms with Crippen LogP contribution in [0.25, 0.3) is 0 Å². The molecular weight excluding hydrogens is 222 g/mol. The molecule has 18 heavy (non-hydrogen) atoms. The largest absolute Gasteiger partial charge is 0.387 e. The van der Waals surface area contributed by atoms with Gasteiger partial charge in [-0.2, -0.15) is 0 Å². The molecule has 0 aromatic carbocycles. The molecule has 1 saturated carbocycles. The van der Waals surface area contributed by atoms with E-state index < -0.39 is 0 Å². The van der Waals surface area contributed by atoms with Crippen molar-refractivity contribution in [2.75, 3.05) is 13.1 Å². The smallest absolute Gasteiger partial charge is 0.0963 e. The van der Waals surface area contributed by atoms with Gasteiger partial charge in [0, 0.05) is 11.5 Å². The van der Waals surface area contributed by atoms with E-state index in [1.54, 1.807) is 0 Å². The first kappa shape index (κ1) is 15.5. The van der Waals surface area contributed by atoms with E-state index in [0.717, 1.165) is 32.0 Å². The van der Waals surface area contributed by atoms with Gasteiger partial charge >= 0.3 is 0 Å². The van der Waals surface area contributed by atoms with E-state index in [0.29, 0.717) is 5.84 Å².